The highest BCUT2D eigenvalue weighted by Gasteiger charge is 2.17. The van der Waals surface area contributed by atoms with Gasteiger partial charge in [-0.3, -0.25) is 0 Å². The van der Waals surface area contributed by atoms with Crippen molar-refractivity contribution in [3.63, 3.8) is 0 Å². The number of benzene rings is 1. The molecule has 0 heterocycles. The highest BCUT2D eigenvalue weighted by molar-refractivity contribution is 9.10. The molecule has 0 spiro atoms. The molecule has 1 fully saturated rings. The van der Waals surface area contributed by atoms with E-state index in [2.05, 4.69) is 52.4 Å². The third-order valence-electron chi connectivity index (χ3n) is 4.17. The molecular weight excluding hydrogens is 286 g/mol. The van der Waals surface area contributed by atoms with Crippen molar-refractivity contribution in [2.75, 3.05) is 0 Å². The molecule has 2 unspecified atom stereocenters. The molecule has 0 saturated heterocycles. The summed E-state index contributed by atoms with van der Waals surface area (Å²) in [6, 6.07) is 9.37. The minimum absolute atomic E-state index is 0.727. The van der Waals surface area contributed by atoms with Gasteiger partial charge in [-0.05, 0) is 42.9 Å². The zero-order chi connectivity index (χ0) is 12.8. The summed E-state index contributed by atoms with van der Waals surface area (Å²) in [7, 11) is 0. The Morgan fingerprint density at radius 2 is 1.89 bits per heavy atom. The Labute approximate surface area is 119 Å². The van der Waals surface area contributed by atoms with Crippen molar-refractivity contribution in [1.82, 2.24) is 5.32 Å². The molecular formula is C16H24BrN. The molecule has 1 aromatic rings. The van der Waals surface area contributed by atoms with Crippen LogP contribution in [0.15, 0.2) is 28.7 Å². The molecule has 0 aliphatic heterocycles. The van der Waals surface area contributed by atoms with E-state index >= 15 is 0 Å². The van der Waals surface area contributed by atoms with E-state index in [1.165, 1.54) is 44.1 Å². The van der Waals surface area contributed by atoms with Gasteiger partial charge in [-0.1, -0.05) is 54.2 Å². The van der Waals surface area contributed by atoms with Crippen LogP contribution in [0.5, 0.6) is 0 Å². The molecule has 1 aliphatic rings. The van der Waals surface area contributed by atoms with E-state index < -0.39 is 0 Å². The molecule has 0 radical (unpaired) electrons. The summed E-state index contributed by atoms with van der Waals surface area (Å²) in [6.07, 6.45) is 8.32. The van der Waals surface area contributed by atoms with E-state index in [4.69, 9.17) is 0 Å². The number of rotatable bonds is 4. The van der Waals surface area contributed by atoms with E-state index in [0.29, 0.717) is 0 Å². The van der Waals surface area contributed by atoms with E-state index in [1.807, 2.05) is 0 Å². The smallest absolute Gasteiger partial charge is 0.0208 e. The molecule has 2 atom stereocenters. The predicted molar refractivity (Wildman–Crippen MR) is 81.6 cm³/mol. The molecule has 2 rings (SSSR count). The van der Waals surface area contributed by atoms with Crippen LogP contribution in [0.2, 0.25) is 0 Å². The molecule has 2 heteroatoms. The van der Waals surface area contributed by atoms with Gasteiger partial charge in [0.15, 0.2) is 0 Å². The van der Waals surface area contributed by atoms with Crippen LogP contribution in [-0.4, -0.2) is 6.04 Å². The molecule has 0 aromatic heterocycles. The lowest BCUT2D eigenvalue weighted by atomic mass is 9.98. The Bertz CT molecular complexity index is 347. The van der Waals surface area contributed by atoms with E-state index in [-0.39, 0.29) is 0 Å². The quantitative estimate of drug-likeness (QED) is 0.780. The molecule has 1 saturated carbocycles. The molecule has 0 amide bonds. The summed E-state index contributed by atoms with van der Waals surface area (Å²) in [4.78, 5) is 0. The number of hydrogen-bond acceptors (Lipinski definition) is 1. The lowest BCUT2D eigenvalue weighted by molar-refractivity contribution is 0.425. The fraction of sp³-hybridized carbons (Fsp3) is 0.625. The Hall–Kier alpha value is -0.340. The minimum Gasteiger partial charge on any atom is -0.310 e. The number of halogens is 1. The van der Waals surface area contributed by atoms with Crippen molar-refractivity contribution in [3.05, 3.63) is 34.3 Å². The fourth-order valence-corrected chi connectivity index (χ4v) is 3.12. The molecule has 1 N–H and O–H groups in total. The topological polar surface area (TPSA) is 12.0 Å². The van der Waals surface area contributed by atoms with Crippen LogP contribution >= 0.6 is 15.9 Å². The maximum atomic E-state index is 3.73. The van der Waals surface area contributed by atoms with Gasteiger partial charge in [0.05, 0.1) is 0 Å². The first-order valence-electron chi connectivity index (χ1n) is 7.25. The summed E-state index contributed by atoms with van der Waals surface area (Å²) >= 11 is 3.48. The largest absolute Gasteiger partial charge is 0.310 e. The first kappa shape index (κ1) is 14.1. The summed E-state index contributed by atoms with van der Waals surface area (Å²) < 4.78 is 1.16. The zero-order valence-electron chi connectivity index (χ0n) is 11.3. The SMILES string of the molecule is CCC1CCCC(NCc2ccc(Br)cc2)CC1. The van der Waals surface area contributed by atoms with Gasteiger partial charge in [0.25, 0.3) is 0 Å². The Balaban J connectivity index is 1.77. The first-order chi connectivity index (χ1) is 8.78. The number of hydrogen-bond donors (Lipinski definition) is 1. The summed E-state index contributed by atoms with van der Waals surface area (Å²) in [5.41, 5.74) is 1.38. The van der Waals surface area contributed by atoms with Gasteiger partial charge in [-0.15, -0.1) is 0 Å². The van der Waals surface area contributed by atoms with Crippen LogP contribution < -0.4 is 5.32 Å². The maximum absolute atomic E-state index is 3.73. The fourth-order valence-electron chi connectivity index (χ4n) is 2.86. The van der Waals surface area contributed by atoms with Gasteiger partial charge in [0, 0.05) is 17.1 Å². The second-order valence-electron chi connectivity index (χ2n) is 5.49. The summed E-state index contributed by atoms with van der Waals surface area (Å²) in [5.74, 6) is 0.976. The molecule has 0 bridgehead atoms. The van der Waals surface area contributed by atoms with Gasteiger partial charge in [-0.25, -0.2) is 0 Å². The normalized spacial score (nSPS) is 24.8. The Morgan fingerprint density at radius 3 is 2.61 bits per heavy atom. The van der Waals surface area contributed by atoms with Crippen molar-refractivity contribution >= 4 is 15.9 Å². The Morgan fingerprint density at radius 1 is 1.11 bits per heavy atom. The van der Waals surface area contributed by atoms with Gasteiger partial charge >= 0.3 is 0 Å². The van der Waals surface area contributed by atoms with Crippen molar-refractivity contribution < 1.29 is 0 Å². The molecule has 1 nitrogen and oxygen atoms in total. The van der Waals surface area contributed by atoms with Gasteiger partial charge < -0.3 is 5.32 Å². The zero-order valence-corrected chi connectivity index (χ0v) is 12.9. The van der Waals surface area contributed by atoms with Crippen molar-refractivity contribution in [2.24, 2.45) is 5.92 Å². The summed E-state index contributed by atoms with van der Waals surface area (Å²) in [5, 5.41) is 3.73. The maximum Gasteiger partial charge on any atom is 0.0208 e. The van der Waals surface area contributed by atoms with Crippen molar-refractivity contribution in [2.45, 2.75) is 58.0 Å². The Kier molecular flexibility index (Phi) is 5.71. The molecule has 100 valence electrons. The molecule has 18 heavy (non-hydrogen) atoms. The van der Waals surface area contributed by atoms with Crippen LogP contribution in [0.4, 0.5) is 0 Å². The van der Waals surface area contributed by atoms with Crippen molar-refractivity contribution in [3.8, 4) is 0 Å². The van der Waals surface area contributed by atoms with E-state index in [9.17, 15) is 0 Å². The lowest BCUT2D eigenvalue weighted by Gasteiger charge is -2.16. The van der Waals surface area contributed by atoms with Gasteiger partial charge in [0.2, 0.25) is 0 Å². The standard InChI is InChI=1S/C16H24BrN/c1-2-13-4-3-5-16(11-8-13)18-12-14-6-9-15(17)10-7-14/h6-7,9-10,13,16,18H,2-5,8,11-12H2,1H3. The van der Waals surface area contributed by atoms with Crippen LogP contribution in [-0.2, 0) is 6.54 Å². The second kappa shape index (κ2) is 7.30. The third-order valence-corrected chi connectivity index (χ3v) is 4.70. The second-order valence-corrected chi connectivity index (χ2v) is 6.40. The third kappa shape index (κ3) is 4.40. The summed E-state index contributed by atoms with van der Waals surface area (Å²) in [6.45, 7) is 3.34. The van der Waals surface area contributed by atoms with E-state index in [0.717, 1.165) is 23.0 Å². The minimum atomic E-state index is 0.727. The highest BCUT2D eigenvalue weighted by Crippen LogP contribution is 2.25. The van der Waals surface area contributed by atoms with Crippen molar-refractivity contribution in [1.29, 1.82) is 0 Å². The van der Waals surface area contributed by atoms with Crippen LogP contribution in [0, 0.1) is 5.92 Å². The number of nitrogens with one attached hydrogen (secondary N) is 1. The van der Waals surface area contributed by atoms with Crippen LogP contribution in [0.3, 0.4) is 0 Å². The first-order valence-corrected chi connectivity index (χ1v) is 8.05. The van der Waals surface area contributed by atoms with Crippen LogP contribution in [0.1, 0.15) is 51.0 Å². The molecule has 1 aromatic carbocycles. The highest BCUT2D eigenvalue weighted by atomic mass is 79.9. The van der Waals surface area contributed by atoms with Gasteiger partial charge in [0.1, 0.15) is 0 Å². The van der Waals surface area contributed by atoms with E-state index in [1.54, 1.807) is 0 Å². The predicted octanol–water partition coefficient (Wildman–Crippen LogP) is 4.90. The molecule has 1 aliphatic carbocycles. The average molecular weight is 310 g/mol. The monoisotopic (exact) mass is 309 g/mol. The van der Waals surface area contributed by atoms with Gasteiger partial charge in [-0.2, -0.15) is 0 Å². The average Bonchev–Trinajstić information content (AvgIpc) is 2.63. The lowest BCUT2D eigenvalue weighted by Crippen LogP contribution is -2.27. The van der Waals surface area contributed by atoms with Crippen LogP contribution in [0.25, 0.3) is 0 Å².